The molecule has 374 valence electrons. The zero-order chi connectivity index (χ0) is 51.7. The molecule has 0 bridgehead atoms. The fourth-order valence-electron chi connectivity index (χ4n) is 5.46. The molecule has 0 aliphatic carbocycles. The Morgan fingerprint density at radius 1 is 0.671 bits per heavy atom. The number of aromatic amines is 1. The Kier molecular flexibility index (Phi) is 26.0. The topological polar surface area (TPSA) is 271 Å². The standard InChI is InChI=1S/C21H16F3N5O4.C12H8F3N5O2.C9H9BrO2.CH2O3.2Cs.H/c1-12-25-18(27-29(12)11-13-3-5-15(6-4-13)20(30)31-2)19-26-17(28-33-19)14-7-9-16(10-8-14)32-21(22,23)24;1-6-16-10(19-18-6)11-17-9(20-22-11)7-2-4-8(5-3-7)21-12(13,14)15;1-12-9(11)8-4-2-7(6-10)3-5-8;2-1-4-3;;;/h3-10H,11H2,1-2H3;2-5H,1H3,(H,16,18,19);2-5H,6H2,1H3;1,3H;;;/q;;;;2*+1;-1/p-1. The van der Waals surface area contributed by atoms with E-state index in [2.05, 4.69) is 85.3 Å². The molecule has 1 N–H and O–H groups in total. The van der Waals surface area contributed by atoms with Crippen LogP contribution in [0, 0.1) is 13.8 Å². The van der Waals surface area contributed by atoms with Crippen molar-refractivity contribution >= 4 is 34.3 Å². The number of esters is 2. The molecular weight excluding hydrogens is 1290 g/mol. The molecule has 4 aromatic carbocycles. The Bertz CT molecular complexity index is 2980. The monoisotopic (exact) mass is 1330 g/mol. The summed E-state index contributed by atoms with van der Waals surface area (Å²) < 4.78 is 102. The van der Waals surface area contributed by atoms with Gasteiger partial charge in [0.1, 0.15) is 23.1 Å². The number of benzene rings is 4. The maximum Gasteiger partial charge on any atom is 1.00 e. The summed E-state index contributed by atoms with van der Waals surface area (Å²) in [6.07, 6.45) is -9.50. The Balaban J connectivity index is 0.000000394. The van der Waals surface area contributed by atoms with Gasteiger partial charge in [-0.3, -0.25) is 9.89 Å². The smallest absolute Gasteiger partial charge is 1.00 e. The third-order valence-electron chi connectivity index (χ3n) is 8.66. The molecule has 73 heavy (non-hydrogen) atoms. The first kappa shape index (κ1) is 62.9. The number of alkyl halides is 7. The van der Waals surface area contributed by atoms with Crippen molar-refractivity contribution in [1.82, 2.24) is 50.2 Å². The molecule has 21 nitrogen and oxygen atoms in total. The Labute approximate surface area is 535 Å². The zero-order valence-corrected chi connectivity index (χ0v) is 53.0. The van der Waals surface area contributed by atoms with Gasteiger partial charge in [0, 0.05) is 16.5 Å². The van der Waals surface area contributed by atoms with Gasteiger partial charge in [-0.2, -0.15) is 9.97 Å². The molecule has 30 heteroatoms. The minimum atomic E-state index is -4.77. The van der Waals surface area contributed by atoms with Gasteiger partial charge in [-0.15, -0.1) is 36.5 Å². The first-order valence-electron chi connectivity index (χ1n) is 19.7. The van der Waals surface area contributed by atoms with Crippen molar-refractivity contribution in [2.75, 3.05) is 14.2 Å². The molecular formula is C43H35BrCs2F6N10O11. The van der Waals surface area contributed by atoms with E-state index in [-0.39, 0.29) is 198 Å². The van der Waals surface area contributed by atoms with Crippen molar-refractivity contribution in [2.45, 2.75) is 38.4 Å². The summed E-state index contributed by atoms with van der Waals surface area (Å²) in [5.41, 5.74) is 3.95. The molecule has 4 aromatic heterocycles. The minimum Gasteiger partial charge on any atom is -1.00 e. The number of aromatic nitrogens is 10. The van der Waals surface area contributed by atoms with Crippen molar-refractivity contribution in [3.63, 3.8) is 0 Å². The molecule has 0 aliphatic rings. The first-order chi connectivity index (χ1) is 33.8. The molecule has 0 amide bonds. The number of hydrogen-bond donors (Lipinski definition) is 1. The molecule has 0 spiro atoms. The minimum absolute atomic E-state index is 0. The number of H-pyrrole nitrogens is 1. The Morgan fingerprint density at radius 2 is 1.10 bits per heavy atom. The van der Waals surface area contributed by atoms with Crippen molar-refractivity contribution in [3.05, 3.63) is 131 Å². The van der Waals surface area contributed by atoms with E-state index in [0.717, 1.165) is 40.7 Å². The van der Waals surface area contributed by atoms with E-state index in [1.807, 2.05) is 12.1 Å². The van der Waals surface area contributed by atoms with Crippen LogP contribution in [0.4, 0.5) is 26.3 Å². The molecule has 0 atom stereocenters. The molecule has 8 rings (SSSR count). The van der Waals surface area contributed by atoms with Crippen molar-refractivity contribution in [1.29, 1.82) is 0 Å². The first-order valence-corrected chi connectivity index (χ1v) is 20.8. The average Bonchev–Trinajstić information content (AvgIpc) is 4.20. The molecule has 0 saturated carbocycles. The summed E-state index contributed by atoms with van der Waals surface area (Å²) in [5, 5.41) is 27.7. The number of ether oxygens (including phenoxy) is 4. The SMILES string of the molecule is COC(=O)c1ccc(CBr)cc1.COC(=O)c1ccc(Cn2nc(-c3nc(-c4ccc(OC(F)(F)F)cc4)no3)nc2C)cc1.Cc1nc(-c2nc(-c3ccc(OC(F)(F)F)cc3)no2)n[nH]1.O=CO[O-].[Cs+].[Cs+].[H-]. The van der Waals surface area contributed by atoms with Crippen LogP contribution in [-0.4, -0.2) is 95.6 Å². The maximum atomic E-state index is 12.3. The van der Waals surface area contributed by atoms with Gasteiger partial charge < -0.3 is 39.6 Å². The summed E-state index contributed by atoms with van der Waals surface area (Å²) in [6, 6.07) is 24.3. The quantitative estimate of drug-likeness (QED) is 0.0455. The van der Waals surface area contributed by atoms with Gasteiger partial charge in [-0.1, -0.05) is 50.5 Å². The second kappa shape index (κ2) is 30.2. The molecule has 4 heterocycles. The van der Waals surface area contributed by atoms with Crippen molar-refractivity contribution in [3.8, 4) is 57.7 Å². The number of carbonyl (C=O) groups is 3. The summed E-state index contributed by atoms with van der Waals surface area (Å²) in [7, 11) is 2.69. The van der Waals surface area contributed by atoms with Crippen LogP contribution < -0.4 is 153 Å². The number of aryl methyl sites for hydroxylation is 2. The van der Waals surface area contributed by atoms with E-state index in [0.29, 0.717) is 40.4 Å². The summed E-state index contributed by atoms with van der Waals surface area (Å²) in [5.74, 6) is 0.758. The molecule has 0 unspecified atom stereocenters. The van der Waals surface area contributed by atoms with E-state index in [1.54, 1.807) is 54.9 Å². The largest absolute Gasteiger partial charge is 1.00 e. The molecule has 8 aromatic rings. The average molecular weight is 1330 g/mol. The van der Waals surface area contributed by atoms with E-state index in [4.69, 9.17) is 19.1 Å². The third kappa shape index (κ3) is 20.3. The number of methoxy groups -OCH3 is 2. The van der Waals surface area contributed by atoms with Gasteiger partial charge in [-0.05, 0) is 97.8 Å². The maximum absolute atomic E-state index is 12.3. The van der Waals surface area contributed by atoms with Gasteiger partial charge in [0.2, 0.25) is 23.3 Å². The number of hydrogen-bond acceptors (Lipinski definition) is 19. The third-order valence-corrected chi connectivity index (χ3v) is 9.30. The predicted octanol–water partition coefficient (Wildman–Crippen LogP) is 1.69. The van der Waals surface area contributed by atoms with Gasteiger partial charge in [0.05, 0.1) is 31.9 Å². The summed E-state index contributed by atoms with van der Waals surface area (Å²) >= 11 is 3.32. The molecule has 0 saturated heterocycles. The van der Waals surface area contributed by atoms with E-state index < -0.39 is 18.7 Å². The number of rotatable bonds is 12. The van der Waals surface area contributed by atoms with Crippen molar-refractivity contribution in [2.24, 2.45) is 0 Å². The number of carbonyl (C=O) groups excluding carboxylic acids is 3. The second-order valence-electron chi connectivity index (χ2n) is 13.6. The predicted molar refractivity (Wildman–Crippen MR) is 232 cm³/mol. The van der Waals surface area contributed by atoms with Crippen molar-refractivity contribution < 1.29 is 218 Å². The Morgan fingerprint density at radius 3 is 1.47 bits per heavy atom. The number of halogens is 7. The van der Waals surface area contributed by atoms with E-state index in [9.17, 15) is 35.9 Å². The summed E-state index contributed by atoms with van der Waals surface area (Å²) in [4.78, 5) is 50.5. The van der Waals surface area contributed by atoms with E-state index >= 15 is 0 Å². The molecule has 0 fully saturated rings. The van der Waals surface area contributed by atoms with Crippen LogP contribution in [0.2, 0.25) is 0 Å². The van der Waals surface area contributed by atoms with Crippen LogP contribution in [0.3, 0.4) is 0 Å². The van der Waals surface area contributed by atoms with Crippen LogP contribution in [0.25, 0.3) is 46.2 Å². The van der Waals surface area contributed by atoms with Crippen LogP contribution in [0.15, 0.2) is 106 Å². The summed E-state index contributed by atoms with van der Waals surface area (Å²) in [6.45, 7) is 3.69. The molecule has 0 aliphatic heterocycles. The fraction of sp³-hybridized carbons (Fsp3) is 0.186. The number of nitrogens with one attached hydrogen (secondary N) is 1. The molecule has 0 radical (unpaired) electrons. The van der Waals surface area contributed by atoms with Gasteiger partial charge in [-0.25, -0.2) is 24.2 Å². The van der Waals surface area contributed by atoms with Crippen LogP contribution in [0.5, 0.6) is 11.5 Å². The Hall–Kier alpha value is -4.43. The van der Waals surface area contributed by atoms with Crippen LogP contribution in [0.1, 0.15) is 44.9 Å². The normalized spacial score (nSPS) is 10.5. The zero-order valence-electron chi connectivity index (χ0n) is 39.9. The fourth-order valence-corrected chi connectivity index (χ4v) is 5.83. The van der Waals surface area contributed by atoms with E-state index in [1.165, 1.54) is 38.5 Å². The van der Waals surface area contributed by atoms with Crippen LogP contribution in [-0.2, 0) is 31.0 Å². The van der Waals surface area contributed by atoms with Gasteiger partial charge in [0.25, 0.3) is 18.3 Å². The second-order valence-corrected chi connectivity index (χ2v) is 14.1. The van der Waals surface area contributed by atoms with Crippen LogP contribution >= 0.6 is 15.9 Å². The number of nitrogens with zero attached hydrogens (tertiary/aromatic N) is 9. The van der Waals surface area contributed by atoms with Gasteiger partial charge >= 0.3 is 162 Å². The van der Waals surface area contributed by atoms with Gasteiger partial charge in [0.15, 0.2) is 0 Å².